The van der Waals surface area contributed by atoms with Crippen LogP contribution in [0.1, 0.15) is 34.6 Å². The van der Waals surface area contributed by atoms with Crippen LogP contribution in [0, 0.1) is 0 Å². The van der Waals surface area contributed by atoms with Gasteiger partial charge in [-0.3, -0.25) is 9.59 Å². The fourth-order valence-corrected chi connectivity index (χ4v) is 2.12. The zero-order valence-electron chi connectivity index (χ0n) is 12.7. The molecule has 114 valence electrons. The summed E-state index contributed by atoms with van der Waals surface area (Å²) < 4.78 is 10.8. The van der Waals surface area contributed by atoms with Gasteiger partial charge in [0.25, 0.3) is 0 Å². The number of carbonyl (C=O) groups is 2. The van der Waals surface area contributed by atoms with Crippen molar-refractivity contribution >= 4 is 11.6 Å². The highest BCUT2D eigenvalue weighted by atomic mass is 16.5. The van der Waals surface area contributed by atoms with Gasteiger partial charge < -0.3 is 9.47 Å². The smallest absolute Gasteiger partial charge is 0.237 e. The van der Waals surface area contributed by atoms with E-state index in [9.17, 15) is 9.59 Å². The summed E-state index contributed by atoms with van der Waals surface area (Å²) in [6, 6.07) is 13.5. The molecular formula is C18H18O4. The Bertz CT molecular complexity index is 617. The Balaban J connectivity index is 2.36. The van der Waals surface area contributed by atoms with Gasteiger partial charge in [-0.15, -0.1) is 0 Å². The first-order chi connectivity index (χ1) is 10.7. The van der Waals surface area contributed by atoms with E-state index in [0.29, 0.717) is 24.7 Å². The monoisotopic (exact) mass is 298 g/mol. The molecule has 0 aliphatic heterocycles. The number of hydrogen-bond acceptors (Lipinski definition) is 4. The Morgan fingerprint density at radius 3 is 1.45 bits per heavy atom. The van der Waals surface area contributed by atoms with Crippen molar-refractivity contribution in [1.82, 2.24) is 0 Å². The van der Waals surface area contributed by atoms with Crippen molar-refractivity contribution in [2.24, 2.45) is 0 Å². The lowest BCUT2D eigenvalue weighted by Crippen LogP contribution is -2.17. The predicted molar refractivity (Wildman–Crippen MR) is 83.9 cm³/mol. The summed E-state index contributed by atoms with van der Waals surface area (Å²) in [7, 11) is 0. The second-order valence-electron chi connectivity index (χ2n) is 4.52. The first kappa shape index (κ1) is 15.8. The predicted octanol–water partition coefficient (Wildman–Crippen LogP) is 3.55. The summed E-state index contributed by atoms with van der Waals surface area (Å²) in [5.41, 5.74) is 0.529. The Hall–Kier alpha value is -2.62. The van der Waals surface area contributed by atoms with E-state index in [1.807, 2.05) is 13.8 Å². The summed E-state index contributed by atoms with van der Waals surface area (Å²) in [6.07, 6.45) is 0. The fourth-order valence-electron chi connectivity index (χ4n) is 2.12. The third kappa shape index (κ3) is 3.34. The van der Waals surface area contributed by atoms with Crippen molar-refractivity contribution in [2.75, 3.05) is 13.2 Å². The topological polar surface area (TPSA) is 52.6 Å². The van der Waals surface area contributed by atoms with E-state index in [-0.39, 0.29) is 11.1 Å². The van der Waals surface area contributed by atoms with Crippen molar-refractivity contribution in [3.63, 3.8) is 0 Å². The number of benzene rings is 2. The average Bonchev–Trinajstić information content (AvgIpc) is 2.55. The van der Waals surface area contributed by atoms with Gasteiger partial charge in [-0.25, -0.2) is 0 Å². The van der Waals surface area contributed by atoms with Crippen LogP contribution in [0.4, 0.5) is 0 Å². The molecular weight excluding hydrogens is 280 g/mol. The third-order valence-corrected chi connectivity index (χ3v) is 3.07. The van der Waals surface area contributed by atoms with Gasteiger partial charge >= 0.3 is 0 Å². The lowest BCUT2D eigenvalue weighted by Gasteiger charge is -2.11. The zero-order valence-corrected chi connectivity index (χ0v) is 12.7. The SMILES string of the molecule is CCOc1ccccc1C(=O)C(=O)c1ccccc1OCC. The van der Waals surface area contributed by atoms with Crippen molar-refractivity contribution in [3.05, 3.63) is 59.7 Å². The number of carbonyl (C=O) groups excluding carboxylic acids is 2. The molecule has 0 aliphatic carbocycles. The van der Waals surface area contributed by atoms with Gasteiger partial charge in [0, 0.05) is 0 Å². The second kappa shape index (κ2) is 7.41. The molecule has 4 nitrogen and oxygen atoms in total. The highest BCUT2D eigenvalue weighted by Gasteiger charge is 2.24. The highest BCUT2D eigenvalue weighted by molar-refractivity contribution is 6.50. The van der Waals surface area contributed by atoms with Crippen LogP contribution in [0.15, 0.2) is 48.5 Å². The summed E-state index contributed by atoms with van der Waals surface area (Å²) in [5, 5.41) is 0. The minimum absolute atomic E-state index is 0.264. The molecule has 4 heteroatoms. The van der Waals surface area contributed by atoms with Crippen LogP contribution in [-0.2, 0) is 0 Å². The molecule has 0 atom stereocenters. The van der Waals surface area contributed by atoms with Crippen molar-refractivity contribution in [3.8, 4) is 11.5 Å². The van der Waals surface area contributed by atoms with Crippen LogP contribution < -0.4 is 9.47 Å². The quantitative estimate of drug-likeness (QED) is 0.579. The van der Waals surface area contributed by atoms with Crippen LogP contribution in [0.25, 0.3) is 0 Å². The minimum atomic E-state index is -0.601. The number of hydrogen-bond donors (Lipinski definition) is 0. The van der Waals surface area contributed by atoms with Crippen LogP contribution in [0.2, 0.25) is 0 Å². The molecule has 2 aromatic carbocycles. The Morgan fingerprint density at radius 2 is 1.09 bits per heavy atom. The van der Waals surface area contributed by atoms with Gasteiger partial charge in [-0.05, 0) is 38.1 Å². The van der Waals surface area contributed by atoms with Crippen molar-refractivity contribution in [1.29, 1.82) is 0 Å². The van der Waals surface area contributed by atoms with Gasteiger partial charge in [0.15, 0.2) is 0 Å². The van der Waals surface area contributed by atoms with E-state index >= 15 is 0 Å². The molecule has 0 radical (unpaired) electrons. The van der Waals surface area contributed by atoms with Crippen molar-refractivity contribution in [2.45, 2.75) is 13.8 Å². The first-order valence-electron chi connectivity index (χ1n) is 7.21. The maximum atomic E-state index is 12.5. The van der Waals surface area contributed by atoms with Gasteiger partial charge in [0.1, 0.15) is 11.5 Å². The van der Waals surface area contributed by atoms with E-state index < -0.39 is 11.6 Å². The number of ether oxygens (including phenoxy) is 2. The molecule has 0 spiro atoms. The standard InChI is InChI=1S/C18H18O4/c1-3-21-15-11-7-5-9-13(15)17(19)18(20)14-10-6-8-12-16(14)22-4-2/h5-12H,3-4H2,1-2H3. The molecule has 0 aliphatic rings. The average molecular weight is 298 g/mol. The van der Waals surface area contributed by atoms with Gasteiger partial charge in [0.05, 0.1) is 24.3 Å². The molecule has 0 amide bonds. The molecule has 0 N–H and O–H groups in total. The first-order valence-corrected chi connectivity index (χ1v) is 7.21. The summed E-state index contributed by atoms with van der Waals surface area (Å²) in [4.78, 5) is 25.0. The molecule has 0 heterocycles. The van der Waals surface area contributed by atoms with E-state index in [2.05, 4.69) is 0 Å². The second-order valence-corrected chi connectivity index (χ2v) is 4.52. The minimum Gasteiger partial charge on any atom is -0.493 e. The molecule has 22 heavy (non-hydrogen) atoms. The van der Waals surface area contributed by atoms with Crippen LogP contribution in [0.5, 0.6) is 11.5 Å². The molecule has 0 fully saturated rings. The lowest BCUT2D eigenvalue weighted by molar-refractivity contribution is 0.0812. The van der Waals surface area contributed by atoms with E-state index in [1.54, 1.807) is 48.5 Å². The number of ketones is 2. The molecule has 0 saturated heterocycles. The van der Waals surface area contributed by atoms with Crippen molar-refractivity contribution < 1.29 is 19.1 Å². The molecule has 0 bridgehead atoms. The number of rotatable bonds is 7. The number of para-hydroxylation sites is 2. The largest absolute Gasteiger partial charge is 0.493 e. The molecule has 0 aromatic heterocycles. The van der Waals surface area contributed by atoms with E-state index in [0.717, 1.165) is 0 Å². The fraction of sp³-hybridized carbons (Fsp3) is 0.222. The van der Waals surface area contributed by atoms with E-state index in [1.165, 1.54) is 0 Å². The molecule has 2 rings (SSSR count). The van der Waals surface area contributed by atoms with Crippen LogP contribution in [0.3, 0.4) is 0 Å². The molecule has 0 saturated carbocycles. The maximum absolute atomic E-state index is 12.5. The third-order valence-electron chi connectivity index (χ3n) is 3.07. The zero-order chi connectivity index (χ0) is 15.9. The summed E-state index contributed by atoms with van der Waals surface area (Å²) in [6.45, 7) is 4.50. The normalized spacial score (nSPS) is 10.1. The lowest BCUT2D eigenvalue weighted by atomic mass is 10.00. The Kier molecular flexibility index (Phi) is 5.31. The van der Waals surface area contributed by atoms with Gasteiger partial charge in [-0.1, -0.05) is 24.3 Å². The Morgan fingerprint density at radius 1 is 0.727 bits per heavy atom. The maximum Gasteiger partial charge on any atom is 0.237 e. The van der Waals surface area contributed by atoms with Crippen LogP contribution in [-0.4, -0.2) is 24.8 Å². The summed E-state index contributed by atoms with van der Waals surface area (Å²) >= 11 is 0. The summed E-state index contributed by atoms with van der Waals surface area (Å²) in [5.74, 6) is -0.373. The van der Waals surface area contributed by atoms with Gasteiger partial charge in [0.2, 0.25) is 11.6 Å². The Labute approximate surface area is 129 Å². The number of Topliss-reactive ketones (excluding diaryl/α,β-unsaturated/α-hetero) is 2. The molecule has 2 aromatic rings. The van der Waals surface area contributed by atoms with Crippen LogP contribution >= 0.6 is 0 Å². The molecule has 0 unspecified atom stereocenters. The highest BCUT2D eigenvalue weighted by Crippen LogP contribution is 2.24. The van der Waals surface area contributed by atoms with Gasteiger partial charge in [-0.2, -0.15) is 0 Å². The van der Waals surface area contributed by atoms with E-state index in [4.69, 9.17) is 9.47 Å².